The van der Waals surface area contributed by atoms with Crippen molar-refractivity contribution >= 4 is 11.7 Å². The Hall–Kier alpha value is -1.38. The van der Waals surface area contributed by atoms with Gasteiger partial charge in [0.1, 0.15) is 5.82 Å². The maximum atomic E-state index is 11.4. The maximum absolute atomic E-state index is 11.4. The molecule has 0 radical (unpaired) electrons. The van der Waals surface area contributed by atoms with Gasteiger partial charge >= 0.3 is 0 Å². The van der Waals surface area contributed by atoms with Gasteiger partial charge in [-0.25, -0.2) is 4.98 Å². The Morgan fingerprint density at radius 1 is 1.57 bits per heavy atom. The molecule has 1 N–H and O–H groups in total. The van der Waals surface area contributed by atoms with Gasteiger partial charge in [0.15, 0.2) is 0 Å². The van der Waals surface area contributed by atoms with Crippen LogP contribution in [0.15, 0.2) is 18.3 Å². The molecule has 1 aromatic heterocycles. The molecule has 0 atom stereocenters. The summed E-state index contributed by atoms with van der Waals surface area (Å²) in [5.41, 5.74) is 1.10. The van der Waals surface area contributed by atoms with E-state index in [0.717, 1.165) is 5.56 Å². The minimum Gasteiger partial charge on any atom is -0.311 e. The Morgan fingerprint density at radius 3 is 2.86 bits per heavy atom. The lowest BCUT2D eigenvalue weighted by Gasteiger charge is -2.06. The molecule has 3 heteroatoms. The Morgan fingerprint density at radius 2 is 2.29 bits per heavy atom. The molecule has 76 valence electrons. The van der Waals surface area contributed by atoms with Gasteiger partial charge in [-0.2, -0.15) is 0 Å². The molecule has 1 rings (SSSR count). The summed E-state index contributed by atoms with van der Waals surface area (Å²) in [5.74, 6) is 1.04. The van der Waals surface area contributed by atoms with Gasteiger partial charge in [-0.1, -0.05) is 13.8 Å². The van der Waals surface area contributed by atoms with Crippen molar-refractivity contribution in [2.24, 2.45) is 5.92 Å². The van der Waals surface area contributed by atoms with E-state index >= 15 is 0 Å². The highest BCUT2D eigenvalue weighted by Gasteiger charge is 2.05. The van der Waals surface area contributed by atoms with Gasteiger partial charge in [0.2, 0.25) is 5.91 Å². The van der Waals surface area contributed by atoms with E-state index in [1.165, 1.54) is 0 Å². The van der Waals surface area contributed by atoms with Crippen molar-refractivity contribution < 1.29 is 4.79 Å². The SMILES string of the molecule is Cc1ccnc(NC(=O)CC(C)C)c1. The molecule has 0 bridgehead atoms. The number of carbonyl (C=O) groups is 1. The number of carbonyl (C=O) groups excluding carboxylic acids is 1. The minimum atomic E-state index is 0.0260. The molecule has 0 unspecified atom stereocenters. The third kappa shape index (κ3) is 3.56. The summed E-state index contributed by atoms with van der Waals surface area (Å²) in [7, 11) is 0. The predicted molar refractivity (Wildman–Crippen MR) is 57.1 cm³/mol. The molecule has 0 aliphatic carbocycles. The van der Waals surface area contributed by atoms with Crippen molar-refractivity contribution in [3.05, 3.63) is 23.9 Å². The van der Waals surface area contributed by atoms with Crippen LogP contribution >= 0.6 is 0 Å². The number of aromatic nitrogens is 1. The molecule has 1 heterocycles. The molecule has 0 aliphatic heterocycles. The summed E-state index contributed by atoms with van der Waals surface area (Å²) in [6.45, 7) is 6.01. The van der Waals surface area contributed by atoms with Gasteiger partial charge in [0.05, 0.1) is 0 Å². The summed E-state index contributed by atoms with van der Waals surface area (Å²) in [6, 6.07) is 3.76. The van der Waals surface area contributed by atoms with Crippen LogP contribution in [-0.4, -0.2) is 10.9 Å². The van der Waals surface area contributed by atoms with E-state index in [1.54, 1.807) is 6.20 Å². The first-order chi connectivity index (χ1) is 6.58. The number of nitrogens with zero attached hydrogens (tertiary/aromatic N) is 1. The lowest BCUT2D eigenvalue weighted by molar-refractivity contribution is -0.116. The van der Waals surface area contributed by atoms with Gasteiger partial charge in [-0.3, -0.25) is 4.79 Å². The fraction of sp³-hybridized carbons (Fsp3) is 0.455. The van der Waals surface area contributed by atoms with Crippen LogP contribution in [-0.2, 0) is 4.79 Å². The van der Waals surface area contributed by atoms with Crippen LogP contribution < -0.4 is 5.32 Å². The molecule has 0 aromatic carbocycles. The highest BCUT2D eigenvalue weighted by molar-refractivity contribution is 5.89. The zero-order chi connectivity index (χ0) is 10.6. The first-order valence-corrected chi connectivity index (χ1v) is 4.80. The van der Waals surface area contributed by atoms with E-state index in [0.29, 0.717) is 18.2 Å². The molecule has 0 saturated heterocycles. The number of hydrogen-bond donors (Lipinski definition) is 1. The van der Waals surface area contributed by atoms with Crippen molar-refractivity contribution in [3.63, 3.8) is 0 Å². The van der Waals surface area contributed by atoms with Gasteiger partial charge in [0, 0.05) is 12.6 Å². The van der Waals surface area contributed by atoms with Crippen molar-refractivity contribution in [1.29, 1.82) is 0 Å². The number of anilines is 1. The zero-order valence-corrected chi connectivity index (χ0v) is 8.87. The van der Waals surface area contributed by atoms with E-state index in [4.69, 9.17) is 0 Å². The van der Waals surface area contributed by atoms with Crippen LogP contribution in [0.3, 0.4) is 0 Å². The first kappa shape index (κ1) is 10.7. The molecule has 0 spiro atoms. The van der Waals surface area contributed by atoms with Crippen LogP contribution in [0.25, 0.3) is 0 Å². The fourth-order valence-electron chi connectivity index (χ4n) is 1.17. The van der Waals surface area contributed by atoms with Crippen LogP contribution in [0.2, 0.25) is 0 Å². The third-order valence-electron chi connectivity index (χ3n) is 1.78. The van der Waals surface area contributed by atoms with Crippen LogP contribution in [0, 0.1) is 12.8 Å². The molecule has 14 heavy (non-hydrogen) atoms. The minimum absolute atomic E-state index is 0.0260. The van der Waals surface area contributed by atoms with Gasteiger partial charge in [-0.15, -0.1) is 0 Å². The van der Waals surface area contributed by atoms with Crippen molar-refractivity contribution in [3.8, 4) is 0 Å². The van der Waals surface area contributed by atoms with E-state index in [2.05, 4.69) is 10.3 Å². The Kier molecular flexibility index (Phi) is 3.63. The number of pyridine rings is 1. The largest absolute Gasteiger partial charge is 0.311 e. The first-order valence-electron chi connectivity index (χ1n) is 4.80. The van der Waals surface area contributed by atoms with Crippen molar-refractivity contribution in [1.82, 2.24) is 4.98 Å². The van der Waals surface area contributed by atoms with Crippen LogP contribution in [0.1, 0.15) is 25.8 Å². The van der Waals surface area contributed by atoms with E-state index < -0.39 is 0 Å². The second-order valence-corrected chi connectivity index (χ2v) is 3.86. The third-order valence-corrected chi connectivity index (χ3v) is 1.78. The second-order valence-electron chi connectivity index (χ2n) is 3.86. The van der Waals surface area contributed by atoms with E-state index in [1.807, 2.05) is 32.9 Å². The average molecular weight is 192 g/mol. The molecular weight excluding hydrogens is 176 g/mol. The molecule has 0 aliphatic rings. The van der Waals surface area contributed by atoms with Gasteiger partial charge in [0.25, 0.3) is 0 Å². The molecule has 0 saturated carbocycles. The Balaban J connectivity index is 2.56. The molecule has 3 nitrogen and oxygen atoms in total. The van der Waals surface area contributed by atoms with Crippen molar-refractivity contribution in [2.75, 3.05) is 5.32 Å². The lowest BCUT2D eigenvalue weighted by Crippen LogP contribution is -2.14. The van der Waals surface area contributed by atoms with E-state index in [-0.39, 0.29) is 5.91 Å². The van der Waals surface area contributed by atoms with Crippen LogP contribution in [0.5, 0.6) is 0 Å². The monoisotopic (exact) mass is 192 g/mol. The smallest absolute Gasteiger partial charge is 0.225 e. The fourth-order valence-corrected chi connectivity index (χ4v) is 1.17. The van der Waals surface area contributed by atoms with Crippen LogP contribution in [0.4, 0.5) is 5.82 Å². The highest BCUT2D eigenvalue weighted by atomic mass is 16.1. The molecule has 1 amide bonds. The Bertz CT molecular complexity index is 321. The summed E-state index contributed by atoms with van der Waals surface area (Å²) in [6.07, 6.45) is 2.23. The predicted octanol–water partition coefficient (Wildman–Crippen LogP) is 2.37. The van der Waals surface area contributed by atoms with Gasteiger partial charge < -0.3 is 5.32 Å². The number of nitrogens with one attached hydrogen (secondary N) is 1. The number of amides is 1. The summed E-state index contributed by atoms with van der Waals surface area (Å²) >= 11 is 0. The van der Waals surface area contributed by atoms with Crippen molar-refractivity contribution in [2.45, 2.75) is 27.2 Å². The second kappa shape index (κ2) is 4.74. The lowest BCUT2D eigenvalue weighted by atomic mass is 10.1. The quantitative estimate of drug-likeness (QED) is 0.798. The molecule has 1 aromatic rings. The number of aryl methyl sites for hydroxylation is 1. The normalized spacial score (nSPS) is 10.3. The standard InChI is InChI=1S/C11H16N2O/c1-8(2)6-11(14)13-10-7-9(3)4-5-12-10/h4-5,7-8H,6H2,1-3H3,(H,12,13,14). The summed E-state index contributed by atoms with van der Waals surface area (Å²) in [5, 5.41) is 2.76. The van der Waals surface area contributed by atoms with E-state index in [9.17, 15) is 4.79 Å². The summed E-state index contributed by atoms with van der Waals surface area (Å²) < 4.78 is 0. The average Bonchev–Trinajstić information content (AvgIpc) is 2.01. The number of rotatable bonds is 3. The summed E-state index contributed by atoms with van der Waals surface area (Å²) in [4.78, 5) is 15.4. The molecular formula is C11H16N2O. The topological polar surface area (TPSA) is 42.0 Å². The molecule has 0 fully saturated rings. The Labute approximate surface area is 84.6 Å². The number of hydrogen-bond acceptors (Lipinski definition) is 2. The maximum Gasteiger partial charge on any atom is 0.225 e. The highest BCUT2D eigenvalue weighted by Crippen LogP contribution is 2.07. The zero-order valence-electron chi connectivity index (χ0n) is 8.87. The van der Waals surface area contributed by atoms with Gasteiger partial charge in [-0.05, 0) is 30.5 Å².